The first-order valence-electron chi connectivity index (χ1n) is 11.3. The Hall–Kier alpha value is 0.350. The first kappa shape index (κ1) is 24.4. The third-order valence-electron chi connectivity index (χ3n) is 4.91. The van der Waals surface area contributed by atoms with Crippen LogP contribution in [-0.2, 0) is 0 Å². The maximum atomic E-state index is 2.48. The lowest BCUT2D eigenvalue weighted by molar-refractivity contribution is 0.557. The van der Waals surface area contributed by atoms with Crippen LogP contribution in [0.3, 0.4) is 0 Å². The van der Waals surface area contributed by atoms with Crippen LogP contribution in [0, 0.1) is 5.75 Å². The molecule has 0 saturated heterocycles. The Balaban J connectivity index is 2.93. The fourth-order valence-corrected chi connectivity index (χ4v) is 4.07. The molecule has 0 N–H and O–H groups in total. The Morgan fingerprint density at radius 2 is 0.833 bits per heavy atom. The van der Waals surface area contributed by atoms with Gasteiger partial charge >= 0.3 is 0 Å². The van der Waals surface area contributed by atoms with Gasteiger partial charge < -0.3 is 0 Å². The summed E-state index contributed by atoms with van der Waals surface area (Å²) in [6.07, 6.45) is 27.3. The van der Waals surface area contributed by atoms with Crippen molar-refractivity contribution in [2.24, 2.45) is 0 Å². The van der Waals surface area contributed by atoms with E-state index in [2.05, 4.69) is 31.4 Å². The summed E-state index contributed by atoms with van der Waals surface area (Å²) in [7, 11) is 0. The maximum absolute atomic E-state index is 2.48. The highest BCUT2D eigenvalue weighted by molar-refractivity contribution is 8.01. The Bertz CT molecular complexity index is 180. The van der Waals surface area contributed by atoms with Gasteiger partial charge in [-0.2, -0.15) is 11.8 Å². The fourth-order valence-electron chi connectivity index (χ4n) is 3.20. The van der Waals surface area contributed by atoms with Crippen LogP contribution in [-0.4, -0.2) is 5.75 Å². The van der Waals surface area contributed by atoms with Crippen molar-refractivity contribution in [1.82, 2.24) is 0 Å². The first-order chi connectivity index (χ1) is 11.9. The molecule has 0 aromatic carbocycles. The monoisotopic (exact) mass is 355 g/mol. The van der Waals surface area contributed by atoms with Gasteiger partial charge in [0.25, 0.3) is 0 Å². The zero-order chi connectivity index (χ0) is 17.6. The average Bonchev–Trinajstić information content (AvgIpc) is 2.60. The molecule has 0 spiro atoms. The quantitative estimate of drug-likeness (QED) is 0.185. The number of rotatable bonds is 21. The molecule has 24 heavy (non-hydrogen) atoms. The molecule has 145 valence electrons. The third-order valence-corrected chi connectivity index (χ3v) is 5.90. The molecule has 0 aliphatic heterocycles. The molecule has 1 heteroatoms. The number of thioether (sulfide) groups is 1. The van der Waals surface area contributed by atoms with Crippen molar-refractivity contribution in [2.75, 3.05) is 5.75 Å². The van der Waals surface area contributed by atoms with Crippen molar-refractivity contribution in [3.63, 3.8) is 0 Å². The molecule has 0 rings (SSSR count). The van der Waals surface area contributed by atoms with Gasteiger partial charge in [0.1, 0.15) is 0 Å². The van der Waals surface area contributed by atoms with Crippen molar-refractivity contribution in [3.05, 3.63) is 5.75 Å². The van der Waals surface area contributed by atoms with E-state index >= 15 is 0 Å². The van der Waals surface area contributed by atoms with Crippen molar-refractivity contribution in [2.45, 2.75) is 136 Å². The second kappa shape index (κ2) is 23.4. The predicted octanol–water partition coefficient (Wildman–Crippen LogP) is 9.33. The molecular weight excluding hydrogens is 308 g/mol. The van der Waals surface area contributed by atoms with E-state index < -0.39 is 0 Å². The van der Waals surface area contributed by atoms with E-state index in [0.29, 0.717) is 0 Å². The van der Waals surface area contributed by atoms with Gasteiger partial charge in [0.15, 0.2) is 0 Å². The Kier molecular flexibility index (Phi) is 23.7. The molecular formula is C23H47S. The molecule has 0 saturated carbocycles. The van der Waals surface area contributed by atoms with E-state index in [9.17, 15) is 0 Å². The Morgan fingerprint density at radius 1 is 0.458 bits per heavy atom. The van der Waals surface area contributed by atoms with Gasteiger partial charge in [0.05, 0.1) is 0 Å². The molecule has 1 radical (unpaired) electrons. The zero-order valence-corrected chi connectivity index (χ0v) is 17.9. The van der Waals surface area contributed by atoms with Gasteiger partial charge in [-0.3, -0.25) is 0 Å². The smallest absolute Gasteiger partial charge is 0.0166 e. The average molecular weight is 356 g/mol. The first-order valence-corrected chi connectivity index (χ1v) is 12.4. The lowest BCUT2D eigenvalue weighted by Crippen LogP contribution is -1.84. The molecule has 0 nitrogen and oxygen atoms in total. The van der Waals surface area contributed by atoms with Crippen molar-refractivity contribution in [3.8, 4) is 0 Å². The van der Waals surface area contributed by atoms with E-state index in [4.69, 9.17) is 0 Å². The lowest BCUT2D eigenvalue weighted by Gasteiger charge is -2.03. The van der Waals surface area contributed by atoms with Gasteiger partial charge in [-0.05, 0) is 18.6 Å². The van der Waals surface area contributed by atoms with Crippen LogP contribution in [0.2, 0.25) is 0 Å². The molecule has 0 aromatic heterocycles. The van der Waals surface area contributed by atoms with E-state index in [-0.39, 0.29) is 0 Å². The minimum atomic E-state index is 1.33. The Morgan fingerprint density at radius 3 is 1.29 bits per heavy atom. The van der Waals surface area contributed by atoms with Crippen LogP contribution in [0.15, 0.2) is 0 Å². The van der Waals surface area contributed by atoms with Crippen LogP contribution in [0.5, 0.6) is 0 Å². The second-order valence-corrected chi connectivity index (χ2v) is 8.56. The standard InChI is InChI=1S/C23H47S/c1-3-5-7-9-11-13-14-15-17-19-21-23-24-22-20-18-16-12-10-8-6-4-2/h23H,3-22H2,1-2H3. The predicted molar refractivity (Wildman–Crippen MR) is 116 cm³/mol. The topological polar surface area (TPSA) is 0 Å². The summed E-state index contributed by atoms with van der Waals surface area (Å²) in [5.41, 5.74) is 0. The number of hydrogen-bond acceptors (Lipinski definition) is 1. The van der Waals surface area contributed by atoms with Crippen LogP contribution < -0.4 is 0 Å². The molecule has 0 heterocycles. The molecule has 0 atom stereocenters. The molecule has 0 unspecified atom stereocenters. The molecule has 0 aliphatic carbocycles. The SMILES string of the molecule is CCCCCCCCCCCC[CH]SCCCCCCCCCC. The van der Waals surface area contributed by atoms with Gasteiger partial charge in [-0.15, -0.1) is 0 Å². The summed E-state index contributed by atoms with van der Waals surface area (Å²) < 4.78 is 0. The third kappa shape index (κ3) is 22.4. The fraction of sp³-hybridized carbons (Fsp3) is 0.957. The summed E-state index contributed by atoms with van der Waals surface area (Å²) in [5, 5.41) is 0. The van der Waals surface area contributed by atoms with Crippen molar-refractivity contribution in [1.29, 1.82) is 0 Å². The largest absolute Gasteiger partial charge is 0.157 e. The van der Waals surface area contributed by atoms with E-state index in [0.717, 1.165) is 0 Å². The summed E-state index contributed by atoms with van der Waals surface area (Å²) in [6, 6.07) is 0. The van der Waals surface area contributed by atoms with Crippen LogP contribution in [0.1, 0.15) is 136 Å². The lowest BCUT2D eigenvalue weighted by atomic mass is 10.1. The number of unbranched alkanes of at least 4 members (excludes halogenated alkanes) is 17. The molecule has 0 bridgehead atoms. The van der Waals surface area contributed by atoms with Crippen molar-refractivity contribution >= 4 is 11.8 Å². The number of hydrogen-bond donors (Lipinski definition) is 0. The molecule has 0 aromatic rings. The normalized spacial score (nSPS) is 11.2. The minimum absolute atomic E-state index is 1.33. The summed E-state index contributed by atoms with van der Waals surface area (Å²) in [4.78, 5) is 0. The summed E-state index contributed by atoms with van der Waals surface area (Å²) in [6.45, 7) is 4.59. The van der Waals surface area contributed by atoms with E-state index in [1.54, 1.807) is 0 Å². The molecule has 0 aliphatic rings. The van der Waals surface area contributed by atoms with Crippen molar-refractivity contribution < 1.29 is 0 Å². The highest BCUT2D eigenvalue weighted by Gasteiger charge is 1.95. The highest BCUT2D eigenvalue weighted by Crippen LogP contribution is 2.17. The minimum Gasteiger partial charge on any atom is -0.157 e. The summed E-state index contributed by atoms with van der Waals surface area (Å²) >= 11 is 2.08. The zero-order valence-electron chi connectivity index (χ0n) is 17.1. The van der Waals surface area contributed by atoms with Gasteiger partial charge in [-0.25, -0.2) is 0 Å². The Labute approximate surface area is 159 Å². The molecule has 0 amide bonds. The second-order valence-electron chi connectivity index (χ2n) is 7.48. The van der Waals surface area contributed by atoms with Crippen LogP contribution in [0.4, 0.5) is 0 Å². The van der Waals surface area contributed by atoms with Gasteiger partial charge in [-0.1, -0.05) is 123 Å². The highest BCUT2D eigenvalue weighted by atomic mass is 32.2. The van der Waals surface area contributed by atoms with E-state index in [1.807, 2.05) is 0 Å². The van der Waals surface area contributed by atoms with Crippen LogP contribution >= 0.6 is 11.8 Å². The van der Waals surface area contributed by atoms with Gasteiger partial charge in [0.2, 0.25) is 0 Å². The van der Waals surface area contributed by atoms with E-state index in [1.165, 1.54) is 128 Å². The maximum Gasteiger partial charge on any atom is 0.0166 e. The van der Waals surface area contributed by atoms with Gasteiger partial charge in [0, 0.05) is 5.75 Å². The van der Waals surface area contributed by atoms with Crippen LogP contribution in [0.25, 0.3) is 0 Å². The summed E-state index contributed by atoms with van der Waals surface area (Å²) in [5.74, 6) is 3.83. The molecule has 0 fully saturated rings.